The van der Waals surface area contributed by atoms with Crippen molar-refractivity contribution in [1.82, 2.24) is 10.2 Å². The third-order valence-corrected chi connectivity index (χ3v) is 6.36. The Morgan fingerprint density at radius 2 is 1.54 bits per heavy atom. The highest BCUT2D eigenvalue weighted by Gasteiger charge is 2.32. The maximum atomic E-state index is 13.8. The molecule has 0 spiro atoms. The molecule has 0 saturated carbocycles. The van der Waals surface area contributed by atoms with Crippen LogP contribution in [0.15, 0.2) is 72.8 Å². The molecule has 0 saturated heterocycles. The highest BCUT2D eigenvalue weighted by Crippen LogP contribution is 2.22. The zero-order chi connectivity index (χ0) is 25.6. The second kappa shape index (κ2) is 11.5. The van der Waals surface area contributed by atoms with Gasteiger partial charge in [0.15, 0.2) is 0 Å². The van der Waals surface area contributed by atoms with Gasteiger partial charge in [-0.2, -0.15) is 0 Å². The lowest BCUT2D eigenvalue weighted by molar-refractivity contribution is -0.141. The molecule has 0 aliphatic heterocycles. The third kappa shape index (κ3) is 7.69. The summed E-state index contributed by atoms with van der Waals surface area (Å²) < 4.78 is 0. The van der Waals surface area contributed by atoms with Crippen LogP contribution in [0.2, 0.25) is 5.02 Å². The molecule has 3 rings (SSSR count). The van der Waals surface area contributed by atoms with E-state index in [2.05, 4.69) is 12.2 Å². The number of hydrogen-bond donors (Lipinski definition) is 1. The van der Waals surface area contributed by atoms with Crippen molar-refractivity contribution < 1.29 is 9.59 Å². The van der Waals surface area contributed by atoms with Crippen molar-refractivity contribution in [2.75, 3.05) is 0 Å². The summed E-state index contributed by atoms with van der Waals surface area (Å²) in [5.41, 5.74) is 4.62. The van der Waals surface area contributed by atoms with Crippen LogP contribution in [0.4, 0.5) is 0 Å². The predicted octanol–water partition coefficient (Wildman–Crippen LogP) is 6.05. The summed E-state index contributed by atoms with van der Waals surface area (Å²) in [6.07, 6.45) is 0.617. The van der Waals surface area contributed by atoms with Gasteiger partial charge in [-0.05, 0) is 68.5 Å². The summed E-state index contributed by atoms with van der Waals surface area (Å²) in [7, 11) is 0. The summed E-state index contributed by atoms with van der Waals surface area (Å²) in [5, 5.41) is 3.67. The molecule has 0 fully saturated rings. The van der Waals surface area contributed by atoms with Gasteiger partial charge >= 0.3 is 0 Å². The van der Waals surface area contributed by atoms with Crippen molar-refractivity contribution in [3.05, 3.63) is 106 Å². The molecule has 3 aromatic carbocycles. The maximum absolute atomic E-state index is 13.8. The first-order chi connectivity index (χ1) is 16.5. The number of amides is 2. The van der Waals surface area contributed by atoms with Crippen molar-refractivity contribution >= 4 is 23.4 Å². The first-order valence-corrected chi connectivity index (χ1v) is 12.4. The number of carbonyl (C=O) groups excluding carboxylic acids is 2. The average Bonchev–Trinajstić information content (AvgIpc) is 2.79. The molecule has 0 unspecified atom stereocenters. The highest BCUT2D eigenvalue weighted by atomic mass is 35.5. The monoisotopic (exact) mass is 490 g/mol. The molecule has 0 aromatic heterocycles. The van der Waals surface area contributed by atoms with Crippen LogP contribution in [0.3, 0.4) is 0 Å². The molecular formula is C30H35ClN2O2. The van der Waals surface area contributed by atoms with Crippen molar-refractivity contribution in [3.8, 4) is 0 Å². The Morgan fingerprint density at radius 1 is 0.886 bits per heavy atom. The van der Waals surface area contributed by atoms with Crippen LogP contribution in [-0.4, -0.2) is 28.3 Å². The van der Waals surface area contributed by atoms with Gasteiger partial charge in [0.05, 0.1) is 6.42 Å². The number of nitrogens with one attached hydrogen (secondary N) is 1. The summed E-state index contributed by atoms with van der Waals surface area (Å²) in [6.45, 7) is 10.2. The van der Waals surface area contributed by atoms with E-state index in [-0.39, 0.29) is 24.8 Å². The standard InChI is InChI=1S/C30H35ClN2O2/c1-21-15-16-24(17-22(21)2)19-28(34)33(20-25-13-9-10-14-26(25)31)27(29(35)32-30(3,4)5)18-23-11-7-6-8-12-23/h6-17,27H,18-20H2,1-5H3,(H,32,35)/t27-/m0/s1. The molecule has 0 aliphatic rings. The second-order valence-corrected chi connectivity index (χ2v) is 10.6. The van der Waals surface area contributed by atoms with E-state index in [1.807, 2.05) is 100 Å². The lowest BCUT2D eigenvalue weighted by Gasteiger charge is -2.34. The van der Waals surface area contributed by atoms with Gasteiger partial charge in [0.1, 0.15) is 6.04 Å². The molecule has 4 nitrogen and oxygen atoms in total. The van der Waals surface area contributed by atoms with E-state index in [0.717, 1.165) is 22.3 Å². The first kappa shape index (κ1) is 26.5. The molecule has 35 heavy (non-hydrogen) atoms. The Bertz CT molecular complexity index is 1170. The number of benzene rings is 3. The Kier molecular flexibility index (Phi) is 8.74. The van der Waals surface area contributed by atoms with E-state index in [1.54, 1.807) is 4.90 Å². The number of hydrogen-bond acceptors (Lipinski definition) is 2. The van der Waals surface area contributed by atoms with E-state index in [9.17, 15) is 9.59 Å². The number of halogens is 1. The van der Waals surface area contributed by atoms with Crippen molar-refractivity contribution in [1.29, 1.82) is 0 Å². The lowest BCUT2D eigenvalue weighted by Crippen LogP contribution is -2.54. The normalized spacial score (nSPS) is 12.2. The fraction of sp³-hybridized carbons (Fsp3) is 0.333. The minimum Gasteiger partial charge on any atom is -0.350 e. The van der Waals surface area contributed by atoms with Crippen LogP contribution in [0.1, 0.15) is 48.6 Å². The zero-order valence-electron chi connectivity index (χ0n) is 21.3. The van der Waals surface area contributed by atoms with Crippen LogP contribution >= 0.6 is 11.6 Å². The minimum absolute atomic E-state index is 0.113. The molecule has 1 atom stereocenters. The molecule has 3 aromatic rings. The van der Waals surface area contributed by atoms with Crippen LogP contribution < -0.4 is 5.32 Å². The van der Waals surface area contributed by atoms with Gasteiger partial charge in [-0.1, -0.05) is 78.3 Å². The van der Waals surface area contributed by atoms with E-state index < -0.39 is 11.6 Å². The van der Waals surface area contributed by atoms with E-state index in [4.69, 9.17) is 11.6 Å². The molecule has 5 heteroatoms. The fourth-order valence-corrected chi connectivity index (χ4v) is 4.20. The maximum Gasteiger partial charge on any atom is 0.243 e. The van der Waals surface area contributed by atoms with Crippen LogP contribution in [0, 0.1) is 13.8 Å². The molecule has 184 valence electrons. The average molecular weight is 491 g/mol. The van der Waals surface area contributed by atoms with E-state index in [1.165, 1.54) is 5.56 Å². The van der Waals surface area contributed by atoms with E-state index >= 15 is 0 Å². The Morgan fingerprint density at radius 3 is 2.17 bits per heavy atom. The Hall–Kier alpha value is -3.11. The van der Waals surface area contributed by atoms with Gasteiger partial charge < -0.3 is 10.2 Å². The molecule has 0 aliphatic carbocycles. The summed E-state index contributed by atoms with van der Waals surface area (Å²) in [6, 6.07) is 22.7. The zero-order valence-corrected chi connectivity index (χ0v) is 22.0. The predicted molar refractivity (Wildman–Crippen MR) is 143 cm³/mol. The number of rotatable bonds is 8. The van der Waals surface area contributed by atoms with Gasteiger partial charge in [0.2, 0.25) is 11.8 Å². The number of nitrogens with zero attached hydrogens (tertiary/aromatic N) is 1. The van der Waals surface area contributed by atoms with Crippen LogP contribution in [0.5, 0.6) is 0 Å². The third-order valence-electron chi connectivity index (χ3n) is 5.99. The first-order valence-electron chi connectivity index (χ1n) is 12.0. The Labute approximate surface area is 214 Å². The smallest absolute Gasteiger partial charge is 0.243 e. The summed E-state index contributed by atoms with van der Waals surface area (Å²) in [4.78, 5) is 29.1. The summed E-state index contributed by atoms with van der Waals surface area (Å²) in [5.74, 6) is -0.292. The van der Waals surface area contributed by atoms with Gasteiger partial charge in [0.25, 0.3) is 0 Å². The molecule has 0 bridgehead atoms. The van der Waals surface area contributed by atoms with Gasteiger partial charge in [-0.3, -0.25) is 9.59 Å². The largest absolute Gasteiger partial charge is 0.350 e. The summed E-state index contributed by atoms with van der Waals surface area (Å²) >= 11 is 6.48. The van der Waals surface area contributed by atoms with Crippen molar-refractivity contribution in [2.45, 2.75) is 65.6 Å². The van der Waals surface area contributed by atoms with Crippen molar-refractivity contribution in [2.24, 2.45) is 0 Å². The van der Waals surface area contributed by atoms with Gasteiger partial charge in [0, 0.05) is 23.5 Å². The molecule has 1 N–H and O–H groups in total. The molecule has 0 heterocycles. The molecule has 2 amide bonds. The quantitative estimate of drug-likeness (QED) is 0.417. The Balaban J connectivity index is 2.01. The molecular weight excluding hydrogens is 456 g/mol. The van der Waals surface area contributed by atoms with Crippen LogP contribution in [0.25, 0.3) is 0 Å². The fourth-order valence-electron chi connectivity index (χ4n) is 4.01. The highest BCUT2D eigenvalue weighted by molar-refractivity contribution is 6.31. The number of aryl methyl sites for hydroxylation is 2. The van der Waals surface area contributed by atoms with Gasteiger partial charge in [-0.25, -0.2) is 0 Å². The van der Waals surface area contributed by atoms with E-state index in [0.29, 0.717) is 11.4 Å². The lowest BCUT2D eigenvalue weighted by atomic mass is 9.99. The number of carbonyl (C=O) groups is 2. The topological polar surface area (TPSA) is 49.4 Å². The van der Waals surface area contributed by atoms with Gasteiger partial charge in [-0.15, -0.1) is 0 Å². The van der Waals surface area contributed by atoms with Crippen LogP contribution in [-0.2, 0) is 29.0 Å². The SMILES string of the molecule is Cc1ccc(CC(=O)N(Cc2ccccc2Cl)[C@@H](Cc2ccccc2)C(=O)NC(C)(C)C)cc1C. The second-order valence-electron chi connectivity index (χ2n) is 10.2. The molecule has 0 radical (unpaired) electrons. The van der Waals surface area contributed by atoms with Crippen molar-refractivity contribution in [3.63, 3.8) is 0 Å². The minimum atomic E-state index is -0.688.